The van der Waals surface area contributed by atoms with Crippen molar-refractivity contribution >= 4 is 11.9 Å². The molecule has 2 unspecified atom stereocenters. The number of ether oxygens (including phenoxy) is 1. The van der Waals surface area contributed by atoms with Crippen molar-refractivity contribution in [3.63, 3.8) is 0 Å². The molecular formula is C14H26O5. The summed E-state index contributed by atoms with van der Waals surface area (Å²) in [5.74, 6) is -0.809. The van der Waals surface area contributed by atoms with Gasteiger partial charge in [0.1, 0.15) is 0 Å². The van der Waals surface area contributed by atoms with Crippen LogP contribution >= 0.6 is 0 Å². The second-order valence-corrected chi connectivity index (χ2v) is 4.98. The molecule has 0 aromatic heterocycles. The highest BCUT2D eigenvalue weighted by Gasteiger charge is 2.11. The maximum atomic E-state index is 11.4. The van der Waals surface area contributed by atoms with Gasteiger partial charge in [0.05, 0.1) is 12.7 Å². The molecule has 0 aliphatic rings. The third kappa shape index (κ3) is 11.7. The monoisotopic (exact) mass is 280 g/mol. The molecule has 0 aromatic rings. The fourth-order valence-electron chi connectivity index (χ4n) is 1.71. The van der Waals surface area contributed by atoms with Crippen LogP contribution in [-0.4, -0.2) is 34.9 Å². The molecule has 2 atom stereocenters. The fourth-order valence-corrected chi connectivity index (χ4v) is 1.71. The maximum Gasteiger partial charge on any atom is 0.305 e. The lowest BCUT2D eigenvalue weighted by Gasteiger charge is -2.15. The van der Waals surface area contributed by atoms with Gasteiger partial charge in [0, 0.05) is 12.8 Å². The molecule has 0 aliphatic heterocycles. The number of unbranched alkanes of at least 4 members (excludes halogenated alkanes) is 1. The van der Waals surface area contributed by atoms with Gasteiger partial charge in [0.25, 0.3) is 0 Å². The Bertz CT molecular complexity index is 263. The molecule has 0 radical (unpaired) electrons. The number of carboxylic acids is 1. The van der Waals surface area contributed by atoms with Gasteiger partial charge in [-0.3, -0.25) is 9.59 Å². The molecule has 5 heteroatoms. The topological polar surface area (TPSA) is 83.8 Å². The Kier molecular flexibility index (Phi) is 10.2. The Hall–Kier alpha value is -1.10. The molecule has 0 fully saturated rings. The SMILES string of the molecule is CCC(CCC(C)O)CO[13C](=O)[13CH2][13CH2][13CH2][13CH2][13C](=O)O. The standard InChI is InChI=1S/C14H26O5/c1-3-12(9-8-11(2)15)10-19-14(18)7-5-4-6-13(16)17/h11-12,15H,3-10H2,1-2H3,(H,16,17)/i4+1,5+1,6+1,7+1,13+1,14+1. The number of esters is 1. The third-order valence-corrected chi connectivity index (χ3v) is 3.07. The molecule has 19 heavy (non-hydrogen) atoms. The van der Waals surface area contributed by atoms with E-state index < -0.39 is 5.97 Å². The van der Waals surface area contributed by atoms with Crippen molar-refractivity contribution < 1.29 is 24.5 Å². The van der Waals surface area contributed by atoms with Crippen LogP contribution in [0.25, 0.3) is 0 Å². The summed E-state index contributed by atoms with van der Waals surface area (Å²) in [5, 5.41) is 17.7. The average molecular weight is 280 g/mol. The lowest BCUT2D eigenvalue weighted by atomic mass is 10.00. The van der Waals surface area contributed by atoms with Gasteiger partial charge in [0.15, 0.2) is 0 Å². The molecule has 0 saturated heterocycles. The minimum atomic E-state index is -0.836. The highest BCUT2D eigenvalue weighted by Crippen LogP contribution is 2.14. The summed E-state index contributed by atoms with van der Waals surface area (Å²) < 4.78 is 5.17. The normalized spacial score (nSPS) is 13.8. The predicted molar refractivity (Wildman–Crippen MR) is 71.8 cm³/mol. The zero-order chi connectivity index (χ0) is 14.7. The molecule has 0 heterocycles. The van der Waals surface area contributed by atoms with Crippen LogP contribution in [0.3, 0.4) is 0 Å². The molecule has 0 amide bonds. The summed E-state index contributed by atoms with van der Waals surface area (Å²) in [4.78, 5) is 21.7. The number of aliphatic hydroxyl groups excluding tert-OH is 1. The molecule has 2 N–H and O–H groups in total. The Labute approximate surface area is 115 Å². The Balaban J connectivity index is 3.65. The summed E-state index contributed by atoms with van der Waals surface area (Å²) in [5.41, 5.74) is 0. The number of rotatable bonds is 11. The van der Waals surface area contributed by atoms with Gasteiger partial charge in [-0.15, -0.1) is 0 Å². The van der Waals surface area contributed by atoms with Crippen LogP contribution in [0.15, 0.2) is 0 Å². The number of hydrogen-bond acceptors (Lipinski definition) is 4. The van der Waals surface area contributed by atoms with E-state index in [9.17, 15) is 14.7 Å². The molecule has 0 rings (SSSR count). The van der Waals surface area contributed by atoms with Crippen LogP contribution in [-0.2, 0) is 14.3 Å². The second-order valence-electron chi connectivity index (χ2n) is 4.98. The van der Waals surface area contributed by atoms with Gasteiger partial charge in [-0.25, -0.2) is 0 Å². The number of carboxylic acid groups (broad SMARTS) is 1. The van der Waals surface area contributed by atoms with Crippen molar-refractivity contribution in [2.45, 2.75) is 64.9 Å². The van der Waals surface area contributed by atoms with E-state index in [0.717, 1.165) is 12.8 Å². The highest BCUT2D eigenvalue weighted by molar-refractivity contribution is 5.69. The van der Waals surface area contributed by atoms with E-state index in [1.807, 2.05) is 6.92 Å². The molecule has 0 bridgehead atoms. The van der Waals surface area contributed by atoms with Gasteiger partial charge in [-0.05, 0) is 38.5 Å². The van der Waals surface area contributed by atoms with Crippen molar-refractivity contribution in [3.8, 4) is 0 Å². The van der Waals surface area contributed by atoms with Gasteiger partial charge in [0.2, 0.25) is 0 Å². The Morgan fingerprint density at radius 1 is 1.16 bits per heavy atom. The van der Waals surface area contributed by atoms with Crippen LogP contribution in [0.1, 0.15) is 58.8 Å². The maximum absolute atomic E-state index is 11.4. The molecule has 0 aromatic carbocycles. The van der Waals surface area contributed by atoms with E-state index in [-0.39, 0.29) is 30.8 Å². The number of hydrogen-bond donors (Lipinski definition) is 2. The fraction of sp³-hybridized carbons (Fsp3) is 0.857. The van der Waals surface area contributed by atoms with Crippen LogP contribution < -0.4 is 0 Å². The minimum absolute atomic E-state index is 0.0965. The van der Waals surface area contributed by atoms with E-state index in [1.165, 1.54) is 0 Å². The second kappa shape index (κ2) is 10.8. The van der Waals surface area contributed by atoms with Crippen LogP contribution in [0.5, 0.6) is 0 Å². The summed E-state index contributed by atoms with van der Waals surface area (Å²) in [6, 6.07) is 0. The van der Waals surface area contributed by atoms with Crippen molar-refractivity contribution in [1.29, 1.82) is 0 Å². The first-order valence-corrected chi connectivity index (χ1v) is 7.01. The lowest BCUT2D eigenvalue weighted by Crippen LogP contribution is -2.15. The number of carbonyl (C=O) groups excluding carboxylic acids is 1. The average Bonchev–Trinajstić information content (AvgIpc) is 2.34. The first-order chi connectivity index (χ1) is 8.95. The molecule has 0 aliphatic carbocycles. The highest BCUT2D eigenvalue weighted by atomic mass is 16.6. The van der Waals surface area contributed by atoms with Crippen LogP contribution in [0, 0.1) is 5.92 Å². The number of aliphatic hydroxyl groups is 1. The van der Waals surface area contributed by atoms with Gasteiger partial charge in [-0.1, -0.05) is 13.3 Å². The predicted octanol–water partition coefficient (Wildman–Crippen LogP) is 2.36. The largest absolute Gasteiger partial charge is 0.481 e. The van der Waals surface area contributed by atoms with Gasteiger partial charge < -0.3 is 14.9 Å². The van der Waals surface area contributed by atoms with Gasteiger partial charge >= 0.3 is 11.9 Å². The summed E-state index contributed by atoms with van der Waals surface area (Å²) in [6.07, 6.45) is 3.59. The molecule has 0 spiro atoms. The molecule has 5 nitrogen and oxygen atoms in total. The van der Waals surface area contributed by atoms with Gasteiger partial charge in [-0.2, -0.15) is 0 Å². The van der Waals surface area contributed by atoms with Crippen molar-refractivity contribution in [2.75, 3.05) is 6.61 Å². The molecular weight excluding hydrogens is 254 g/mol. The molecule has 112 valence electrons. The summed E-state index contributed by atoms with van der Waals surface area (Å²) in [7, 11) is 0. The first-order valence-electron chi connectivity index (χ1n) is 7.01. The van der Waals surface area contributed by atoms with Crippen molar-refractivity contribution in [2.24, 2.45) is 5.92 Å². The summed E-state index contributed by atoms with van der Waals surface area (Å²) >= 11 is 0. The van der Waals surface area contributed by atoms with Crippen molar-refractivity contribution in [3.05, 3.63) is 0 Å². The molecule has 0 saturated carbocycles. The van der Waals surface area contributed by atoms with E-state index in [4.69, 9.17) is 9.84 Å². The van der Waals surface area contributed by atoms with E-state index in [2.05, 4.69) is 0 Å². The Morgan fingerprint density at radius 2 is 1.79 bits per heavy atom. The van der Waals surface area contributed by atoms with E-state index in [1.54, 1.807) is 6.92 Å². The lowest BCUT2D eigenvalue weighted by molar-refractivity contribution is -0.145. The minimum Gasteiger partial charge on any atom is -0.481 e. The zero-order valence-electron chi connectivity index (χ0n) is 11.9. The van der Waals surface area contributed by atoms with E-state index in [0.29, 0.717) is 25.9 Å². The third-order valence-electron chi connectivity index (χ3n) is 3.07. The van der Waals surface area contributed by atoms with Crippen LogP contribution in [0.4, 0.5) is 0 Å². The number of aliphatic carboxylic acids is 1. The Morgan fingerprint density at radius 3 is 2.32 bits per heavy atom. The quantitative estimate of drug-likeness (QED) is 0.345. The van der Waals surface area contributed by atoms with E-state index >= 15 is 0 Å². The van der Waals surface area contributed by atoms with Crippen molar-refractivity contribution in [1.82, 2.24) is 0 Å². The van der Waals surface area contributed by atoms with Crippen LogP contribution in [0.2, 0.25) is 0 Å². The number of carbonyl (C=O) groups is 2. The summed E-state index contributed by atoms with van der Waals surface area (Å²) in [6.45, 7) is 4.18. The first kappa shape index (κ1) is 17.9. The smallest absolute Gasteiger partial charge is 0.305 e. The zero-order valence-corrected chi connectivity index (χ0v) is 11.9.